The zero-order valence-electron chi connectivity index (χ0n) is 9.55. The summed E-state index contributed by atoms with van der Waals surface area (Å²) in [5, 5.41) is 15.6. The number of nitrogens with zero attached hydrogens (tertiary/aromatic N) is 3. The molecule has 0 aromatic rings. The Labute approximate surface area is 114 Å². The molecule has 1 heterocycles. The van der Waals surface area contributed by atoms with Crippen molar-refractivity contribution in [2.45, 2.75) is 6.41 Å². The molecular formula is C8H14Cl2N4O4. The highest BCUT2D eigenvalue weighted by Gasteiger charge is 2.30. The van der Waals surface area contributed by atoms with E-state index in [1.54, 1.807) is 0 Å². The molecule has 18 heavy (non-hydrogen) atoms. The highest BCUT2D eigenvalue weighted by atomic mass is 35.5. The van der Waals surface area contributed by atoms with Gasteiger partial charge in [0.1, 0.15) is 5.10 Å². The fourth-order valence-corrected chi connectivity index (χ4v) is 1.57. The molecule has 8 nitrogen and oxygen atoms in total. The van der Waals surface area contributed by atoms with Crippen LogP contribution in [0.3, 0.4) is 0 Å². The second-order valence-corrected chi connectivity index (χ2v) is 3.96. The number of hydrogen-bond acceptors (Lipinski definition) is 4. The van der Waals surface area contributed by atoms with Gasteiger partial charge in [-0.2, -0.15) is 0 Å². The average Bonchev–Trinajstić information content (AvgIpc) is 2.77. The molecule has 0 saturated carbocycles. The van der Waals surface area contributed by atoms with E-state index in [2.05, 4.69) is 10.4 Å². The molecule has 1 rings (SSSR count). The summed E-state index contributed by atoms with van der Waals surface area (Å²) in [6, 6.07) is 0. The standard InChI is InChI=1S/C8H14Cl2N4O4/c9-1-5-17-8(18-6-2-10)13-4-3-11-7(13)12-14(15)16/h8H,1-6H2,(H,11,12). The Kier molecular flexibility index (Phi) is 7.02. The Morgan fingerprint density at radius 2 is 2.06 bits per heavy atom. The molecule has 0 atom stereocenters. The van der Waals surface area contributed by atoms with Crippen molar-refractivity contribution in [1.82, 2.24) is 10.2 Å². The van der Waals surface area contributed by atoms with Crippen LogP contribution in [-0.2, 0) is 9.47 Å². The van der Waals surface area contributed by atoms with Crippen LogP contribution in [0.1, 0.15) is 0 Å². The third kappa shape index (κ3) is 4.81. The van der Waals surface area contributed by atoms with Crippen LogP contribution in [0.25, 0.3) is 0 Å². The van der Waals surface area contributed by atoms with Crippen molar-refractivity contribution in [2.24, 2.45) is 5.10 Å². The van der Waals surface area contributed by atoms with Crippen LogP contribution in [0.4, 0.5) is 0 Å². The van der Waals surface area contributed by atoms with Crippen LogP contribution in [0.5, 0.6) is 0 Å². The summed E-state index contributed by atoms with van der Waals surface area (Å²) in [5.41, 5.74) is 0. The summed E-state index contributed by atoms with van der Waals surface area (Å²) in [6.45, 7) is 1.53. The largest absolute Gasteiger partial charge is 0.349 e. The summed E-state index contributed by atoms with van der Waals surface area (Å²) >= 11 is 11.1. The minimum Gasteiger partial charge on any atom is -0.349 e. The first-order chi connectivity index (χ1) is 8.69. The molecule has 0 radical (unpaired) electrons. The van der Waals surface area contributed by atoms with Crippen LogP contribution < -0.4 is 5.32 Å². The number of alkyl halides is 2. The lowest BCUT2D eigenvalue weighted by molar-refractivity contribution is -0.486. The van der Waals surface area contributed by atoms with Gasteiger partial charge in [-0.15, -0.1) is 23.2 Å². The number of nitrogens with one attached hydrogen (secondary N) is 1. The molecule has 0 unspecified atom stereocenters. The number of hydrogen-bond donors (Lipinski definition) is 1. The van der Waals surface area contributed by atoms with Crippen LogP contribution in [-0.4, -0.2) is 60.4 Å². The quantitative estimate of drug-likeness (QED) is 0.299. The first-order valence-corrected chi connectivity index (χ1v) is 6.34. The van der Waals surface area contributed by atoms with Gasteiger partial charge in [0.05, 0.1) is 13.2 Å². The fourth-order valence-electron chi connectivity index (χ4n) is 1.39. The van der Waals surface area contributed by atoms with Gasteiger partial charge in [0.2, 0.25) is 6.41 Å². The zero-order chi connectivity index (χ0) is 13.4. The molecule has 0 aromatic heterocycles. The molecule has 1 saturated heterocycles. The number of rotatable bonds is 8. The molecule has 0 bridgehead atoms. The first kappa shape index (κ1) is 15.2. The molecule has 0 amide bonds. The predicted octanol–water partition coefficient (Wildman–Crippen LogP) is 0.234. The monoisotopic (exact) mass is 300 g/mol. The molecule has 1 N–H and O–H groups in total. The fraction of sp³-hybridized carbons (Fsp3) is 0.875. The van der Waals surface area contributed by atoms with E-state index in [1.165, 1.54) is 4.90 Å². The van der Waals surface area contributed by atoms with Crippen LogP contribution in [0.2, 0.25) is 0 Å². The summed E-state index contributed by atoms with van der Waals surface area (Å²) in [6.07, 6.45) is -0.781. The minimum absolute atomic E-state index is 0.106. The summed E-state index contributed by atoms with van der Waals surface area (Å²) in [5.74, 6) is 0.696. The van der Waals surface area contributed by atoms with Crippen LogP contribution in [0, 0.1) is 10.1 Å². The number of halogens is 2. The van der Waals surface area contributed by atoms with E-state index in [0.717, 1.165) is 0 Å². The summed E-state index contributed by atoms with van der Waals surface area (Å²) in [4.78, 5) is 11.9. The Balaban J connectivity index is 2.66. The normalized spacial score (nSPS) is 17.5. The highest BCUT2D eigenvalue weighted by Crippen LogP contribution is 2.09. The average molecular weight is 301 g/mol. The SMILES string of the molecule is O=[N+]([O-])/N=C1\NCCN1C(OCCCl)OCCCl. The third-order valence-corrected chi connectivity index (χ3v) is 2.32. The second-order valence-electron chi connectivity index (χ2n) is 3.21. The lowest BCUT2D eigenvalue weighted by Gasteiger charge is -2.26. The number of nitro groups is 1. The van der Waals surface area contributed by atoms with Gasteiger partial charge in [-0.3, -0.25) is 4.90 Å². The predicted molar refractivity (Wildman–Crippen MR) is 66.3 cm³/mol. The maximum absolute atomic E-state index is 10.4. The van der Waals surface area contributed by atoms with Crippen molar-refractivity contribution in [3.05, 3.63) is 10.1 Å². The highest BCUT2D eigenvalue weighted by molar-refractivity contribution is 6.18. The van der Waals surface area contributed by atoms with E-state index in [-0.39, 0.29) is 19.2 Å². The van der Waals surface area contributed by atoms with Crippen molar-refractivity contribution in [2.75, 3.05) is 38.1 Å². The maximum atomic E-state index is 10.4. The molecule has 1 aliphatic heterocycles. The first-order valence-electron chi connectivity index (χ1n) is 5.27. The Morgan fingerprint density at radius 3 is 2.56 bits per heavy atom. The maximum Gasteiger partial charge on any atom is 0.275 e. The number of guanidine groups is 1. The lowest BCUT2D eigenvalue weighted by atomic mass is 10.6. The molecular weight excluding hydrogens is 287 g/mol. The van der Waals surface area contributed by atoms with Gasteiger partial charge < -0.3 is 14.8 Å². The van der Waals surface area contributed by atoms with Gasteiger partial charge in [-0.05, 0) is 0 Å². The van der Waals surface area contributed by atoms with Crippen LogP contribution in [0.15, 0.2) is 5.10 Å². The van der Waals surface area contributed by atoms with E-state index >= 15 is 0 Å². The zero-order valence-corrected chi connectivity index (χ0v) is 11.1. The van der Waals surface area contributed by atoms with Gasteiger partial charge in [-0.1, -0.05) is 0 Å². The van der Waals surface area contributed by atoms with E-state index in [4.69, 9.17) is 32.7 Å². The smallest absolute Gasteiger partial charge is 0.275 e. The Morgan fingerprint density at radius 1 is 1.44 bits per heavy atom. The molecule has 104 valence electrons. The second kappa shape index (κ2) is 8.30. The number of ether oxygens (including phenoxy) is 2. The minimum atomic E-state index is -0.781. The molecule has 1 aliphatic rings. The molecule has 0 aromatic carbocycles. The van der Waals surface area contributed by atoms with E-state index in [9.17, 15) is 10.1 Å². The molecule has 1 fully saturated rings. The van der Waals surface area contributed by atoms with E-state index in [1.807, 2.05) is 0 Å². The van der Waals surface area contributed by atoms with Gasteiger partial charge in [-0.25, -0.2) is 10.1 Å². The van der Waals surface area contributed by atoms with Gasteiger partial charge in [0.25, 0.3) is 5.96 Å². The van der Waals surface area contributed by atoms with Crippen LogP contribution >= 0.6 is 23.2 Å². The van der Waals surface area contributed by atoms with E-state index < -0.39 is 11.4 Å². The van der Waals surface area contributed by atoms with Gasteiger partial charge >= 0.3 is 0 Å². The van der Waals surface area contributed by atoms with Crippen molar-refractivity contribution in [1.29, 1.82) is 0 Å². The Hall–Kier alpha value is -0.830. The molecule has 0 spiro atoms. The van der Waals surface area contributed by atoms with Gasteiger partial charge in [0, 0.05) is 24.8 Å². The van der Waals surface area contributed by atoms with Gasteiger partial charge in [0.15, 0.2) is 5.03 Å². The topological polar surface area (TPSA) is 89.2 Å². The molecule has 0 aliphatic carbocycles. The van der Waals surface area contributed by atoms with Crippen molar-refractivity contribution in [3.8, 4) is 0 Å². The number of hydrazone groups is 1. The summed E-state index contributed by atoms with van der Waals surface area (Å²) in [7, 11) is 0. The van der Waals surface area contributed by atoms with E-state index in [0.29, 0.717) is 24.8 Å². The molecule has 10 heteroatoms. The van der Waals surface area contributed by atoms with Crippen molar-refractivity contribution >= 4 is 29.2 Å². The summed E-state index contributed by atoms with van der Waals surface area (Å²) < 4.78 is 10.7. The van der Waals surface area contributed by atoms with Crippen molar-refractivity contribution < 1.29 is 14.5 Å². The third-order valence-electron chi connectivity index (χ3n) is 2.01. The Bertz CT molecular complexity index is 297. The van der Waals surface area contributed by atoms with Crippen molar-refractivity contribution in [3.63, 3.8) is 0 Å². The lowest BCUT2D eigenvalue weighted by Crippen LogP contribution is -2.43.